The maximum atomic E-state index is 13.4. The normalized spacial score (nSPS) is 11.6. The van der Waals surface area contributed by atoms with Crippen LogP contribution in [0.3, 0.4) is 0 Å². The second-order valence-electron chi connectivity index (χ2n) is 9.14. The van der Waals surface area contributed by atoms with Crippen molar-refractivity contribution in [2.45, 2.75) is 30.6 Å². The van der Waals surface area contributed by atoms with Crippen LogP contribution < -0.4 is 14.3 Å². The van der Waals surface area contributed by atoms with Gasteiger partial charge in [-0.1, -0.05) is 36.4 Å². The molecule has 0 saturated heterocycles. The Labute approximate surface area is 229 Å². The Morgan fingerprint density at radius 2 is 1.36 bits per heavy atom. The van der Waals surface area contributed by atoms with Crippen molar-refractivity contribution in [3.05, 3.63) is 114 Å². The van der Waals surface area contributed by atoms with Crippen LogP contribution >= 0.6 is 0 Å². The van der Waals surface area contributed by atoms with E-state index in [4.69, 9.17) is 0 Å². The highest BCUT2D eigenvalue weighted by atomic mass is 32.2. The average Bonchev–Trinajstić information content (AvgIpc) is 2.90. The number of hydrogen-bond acceptors (Lipinski definition) is 5. The van der Waals surface area contributed by atoms with Gasteiger partial charge in [-0.05, 0) is 98.1 Å². The maximum absolute atomic E-state index is 13.4. The molecule has 0 aliphatic rings. The molecule has 0 saturated carbocycles. The van der Waals surface area contributed by atoms with Crippen LogP contribution in [0, 0.1) is 20.8 Å². The first-order chi connectivity index (χ1) is 18.5. The van der Waals surface area contributed by atoms with Gasteiger partial charge < -0.3 is 5.32 Å². The molecule has 0 aliphatic carbocycles. The Morgan fingerprint density at radius 1 is 0.692 bits per heavy atom. The Kier molecular flexibility index (Phi) is 8.08. The number of nitrogens with one attached hydrogen (secondary N) is 2. The third kappa shape index (κ3) is 6.65. The van der Waals surface area contributed by atoms with E-state index in [1.54, 1.807) is 48.5 Å². The number of carbonyl (C=O) groups is 1. The smallest absolute Gasteiger partial charge is 0.264 e. The summed E-state index contributed by atoms with van der Waals surface area (Å²) in [6.07, 6.45) is 0. The molecule has 0 atom stereocenters. The number of anilines is 3. The molecule has 2 N–H and O–H groups in total. The molecule has 8 nitrogen and oxygen atoms in total. The summed E-state index contributed by atoms with van der Waals surface area (Å²) in [5.41, 5.74) is 3.98. The molecule has 0 aliphatic heterocycles. The van der Waals surface area contributed by atoms with Gasteiger partial charge in [0.1, 0.15) is 6.54 Å². The molecular formula is C29H29N3O5S2. The quantitative estimate of drug-likeness (QED) is 0.289. The van der Waals surface area contributed by atoms with Crippen molar-refractivity contribution in [2.24, 2.45) is 0 Å². The summed E-state index contributed by atoms with van der Waals surface area (Å²) >= 11 is 0. The van der Waals surface area contributed by atoms with Crippen LogP contribution in [0.25, 0.3) is 0 Å². The van der Waals surface area contributed by atoms with Crippen molar-refractivity contribution in [3.63, 3.8) is 0 Å². The molecule has 0 unspecified atom stereocenters. The lowest BCUT2D eigenvalue weighted by atomic mass is 10.1. The Morgan fingerprint density at radius 3 is 2.00 bits per heavy atom. The Hall–Kier alpha value is -4.15. The van der Waals surface area contributed by atoms with Gasteiger partial charge in [0.2, 0.25) is 5.91 Å². The van der Waals surface area contributed by atoms with Crippen molar-refractivity contribution >= 4 is 43.0 Å². The highest BCUT2D eigenvalue weighted by Gasteiger charge is 2.27. The number of aryl methyl sites for hydroxylation is 3. The summed E-state index contributed by atoms with van der Waals surface area (Å²) in [4.78, 5) is 13.1. The van der Waals surface area contributed by atoms with E-state index in [-0.39, 0.29) is 9.79 Å². The zero-order chi connectivity index (χ0) is 28.2. The van der Waals surface area contributed by atoms with Crippen LogP contribution in [0.4, 0.5) is 17.1 Å². The van der Waals surface area contributed by atoms with Crippen molar-refractivity contribution < 1.29 is 21.6 Å². The first-order valence-electron chi connectivity index (χ1n) is 12.1. The van der Waals surface area contributed by atoms with Gasteiger partial charge in [0.25, 0.3) is 20.0 Å². The summed E-state index contributed by atoms with van der Waals surface area (Å²) in [5, 5.41) is 2.66. The fourth-order valence-electron chi connectivity index (χ4n) is 3.89. The number of carbonyl (C=O) groups excluding carboxylic acids is 1. The molecule has 1 amide bonds. The molecule has 0 fully saturated rings. The van der Waals surface area contributed by atoms with Gasteiger partial charge in [-0.25, -0.2) is 16.8 Å². The molecule has 202 valence electrons. The van der Waals surface area contributed by atoms with Crippen LogP contribution in [0.1, 0.15) is 16.7 Å². The van der Waals surface area contributed by atoms with E-state index in [2.05, 4.69) is 10.0 Å². The summed E-state index contributed by atoms with van der Waals surface area (Å²) in [6.45, 7) is 5.20. The number of sulfonamides is 2. The zero-order valence-corrected chi connectivity index (χ0v) is 23.4. The zero-order valence-electron chi connectivity index (χ0n) is 21.7. The van der Waals surface area contributed by atoms with Gasteiger partial charge in [0.15, 0.2) is 0 Å². The minimum atomic E-state index is -4.04. The summed E-state index contributed by atoms with van der Waals surface area (Å²) < 4.78 is 56.2. The lowest BCUT2D eigenvalue weighted by Gasteiger charge is -2.24. The monoisotopic (exact) mass is 563 g/mol. The lowest BCUT2D eigenvalue weighted by molar-refractivity contribution is -0.114. The molecule has 0 spiro atoms. The van der Waals surface area contributed by atoms with E-state index in [0.717, 1.165) is 21.0 Å². The number of rotatable bonds is 9. The third-order valence-electron chi connectivity index (χ3n) is 6.12. The van der Waals surface area contributed by atoms with Crippen LogP contribution in [-0.2, 0) is 24.8 Å². The van der Waals surface area contributed by atoms with E-state index in [1.165, 1.54) is 36.4 Å². The predicted molar refractivity (Wildman–Crippen MR) is 154 cm³/mol. The largest absolute Gasteiger partial charge is 0.325 e. The van der Waals surface area contributed by atoms with E-state index in [0.29, 0.717) is 17.1 Å². The lowest BCUT2D eigenvalue weighted by Crippen LogP contribution is -2.38. The highest BCUT2D eigenvalue weighted by Crippen LogP contribution is 2.25. The Bertz CT molecular complexity index is 1700. The SMILES string of the molecule is Cc1cccc(N(CC(=O)Nc2ccc(S(=O)(=O)Nc3ccc(C)c(C)c3)cc2)S(=O)(=O)c2ccccc2)c1. The minimum Gasteiger partial charge on any atom is -0.325 e. The van der Waals surface area contributed by atoms with Crippen molar-refractivity contribution in [1.82, 2.24) is 0 Å². The molecule has 4 rings (SSSR count). The fourth-order valence-corrected chi connectivity index (χ4v) is 6.37. The first-order valence-corrected chi connectivity index (χ1v) is 15.0. The topological polar surface area (TPSA) is 113 Å². The second kappa shape index (κ2) is 11.3. The van der Waals surface area contributed by atoms with Crippen molar-refractivity contribution in [3.8, 4) is 0 Å². The molecule has 0 heterocycles. The van der Waals surface area contributed by atoms with Crippen LogP contribution in [-0.4, -0.2) is 29.3 Å². The van der Waals surface area contributed by atoms with Gasteiger partial charge in [-0.15, -0.1) is 0 Å². The van der Waals surface area contributed by atoms with Gasteiger partial charge in [-0.3, -0.25) is 13.8 Å². The van der Waals surface area contributed by atoms with E-state index >= 15 is 0 Å². The van der Waals surface area contributed by atoms with Gasteiger partial charge in [-0.2, -0.15) is 0 Å². The van der Waals surface area contributed by atoms with E-state index < -0.39 is 32.5 Å². The fraction of sp³-hybridized carbons (Fsp3) is 0.138. The van der Waals surface area contributed by atoms with Crippen molar-refractivity contribution in [1.29, 1.82) is 0 Å². The van der Waals surface area contributed by atoms with E-state index in [9.17, 15) is 21.6 Å². The van der Waals surface area contributed by atoms with Crippen molar-refractivity contribution in [2.75, 3.05) is 20.9 Å². The minimum absolute atomic E-state index is 0.0202. The predicted octanol–water partition coefficient (Wildman–Crippen LogP) is 5.25. The molecule has 0 aromatic heterocycles. The molecule has 39 heavy (non-hydrogen) atoms. The third-order valence-corrected chi connectivity index (χ3v) is 9.30. The molecule has 10 heteroatoms. The van der Waals surface area contributed by atoms with Crippen LogP contribution in [0.2, 0.25) is 0 Å². The second-order valence-corrected chi connectivity index (χ2v) is 12.7. The van der Waals surface area contributed by atoms with Crippen LogP contribution in [0.15, 0.2) is 107 Å². The maximum Gasteiger partial charge on any atom is 0.264 e. The molecule has 4 aromatic rings. The molecular weight excluding hydrogens is 534 g/mol. The summed E-state index contributed by atoms with van der Waals surface area (Å²) in [6, 6.07) is 25.7. The summed E-state index contributed by atoms with van der Waals surface area (Å²) in [7, 11) is -7.88. The molecule has 4 aromatic carbocycles. The van der Waals surface area contributed by atoms with E-state index in [1.807, 2.05) is 32.9 Å². The van der Waals surface area contributed by atoms with Gasteiger partial charge >= 0.3 is 0 Å². The van der Waals surface area contributed by atoms with Gasteiger partial charge in [0, 0.05) is 11.4 Å². The highest BCUT2D eigenvalue weighted by molar-refractivity contribution is 7.93. The molecule has 0 bridgehead atoms. The Balaban J connectivity index is 1.52. The first kappa shape index (κ1) is 27.9. The number of benzene rings is 4. The molecule has 0 radical (unpaired) electrons. The average molecular weight is 564 g/mol. The summed E-state index contributed by atoms with van der Waals surface area (Å²) in [5.74, 6) is -0.583. The standard InChI is InChI=1S/C29H29N3O5S2/c1-21-8-7-9-26(18-21)32(39(36,37)28-10-5-4-6-11-28)20-29(33)30-24-14-16-27(17-15-24)38(34,35)31-25-13-12-22(2)23(3)19-25/h4-19,31H,20H2,1-3H3,(H,30,33). The number of hydrogen-bond donors (Lipinski definition) is 2. The number of amides is 1. The van der Waals surface area contributed by atoms with Gasteiger partial charge in [0.05, 0.1) is 15.5 Å². The number of nitrogens with zero attached hydrogens (tertiary/aromatic N) is 1. The van der Waals surface area contributed by atoms with Crippen LogP contribution in [0.5, 0.6) is 0 Å².